The monoisotopic (exact) mass is 347 g/mol. The zero-order valence-electron chi connectivity index (χ0n) is 15.8. The second-order valence-electron chi connectivity index (χ2n) is 6.48. The van der Waals surface area contributed by atoms with Crippen LogP contribution in [-0.4, -0.2) is 5.91 Å². The largest absolute Gasteiger partial charge is 0.360 e. The Morgan fingerprint density at radius 3 is 2.31 bits per heavy atom. The molecular formula is C22H25N3O. The minimum absolute atomic E-state index is 0.0428. The van der Waals surface area contributed by atoms with Crippen molar-refractivity contribution in [1.82, 2.24) is 5.32 Å². The van der Waals surface area contributed by atoms with Crippen molar-refractivity contribution in [3.63, 3.8) is 0 Å². The Morgan fingerprint density at radius 1 is 1.15 bits per heavy atom. The van der Waals surface area contributed by atoms with Gasteiger partial charge in [0.1, 0.15) is 11.6 Å². The van der Waals surface area contributed by atoms with Crippen molar-refractivity contribution in [3.05, 3.63) is 76.5 Å². The van der Waals surface area contributed by atoms with E-state index in [0.717, 1.165) is 28.8 Å². The van der Waals surface area contributed by atoms with Gasteiger partial charge in [-0.25, -0.2) is 0 Å². The van der Waals surface area contributed by atoms with Gasteiger partial charge in [0, 0.05) is 11.9 Å². The van der Waals surface area contributed by atoms with Crippen LogP contribution in [-0.2, 0) is 11.2 Å². The number of carbonyl (C=O) groups is 1. The molecule has 0 aliphatic carbocycles. The average Bonchev–Trinajstić information content (AvgIpc) is 2.61. The zero-order chi connectivity index (χ0) is 19.1. The molecule has 0 bridgehead atoms. The molecule has 134 valence electrons. The molecule has 2 N–H and O–H groups in total. The molecule has 0 aliphatic heterocycles. The number of benzene rings is 2. The van der Waals surface area contributed by atoms with E-state index in [1.807, 2.05) is 51.1 Å². The molecule has 0 heterocycles. The summed E-state index contributed by atoms with van der Waals surface area (Å²) < 4.78 is 0. The molecule has 4 heteroatoms. The lowest BCUT2D eigenvalue weighted by molar-refractivity contribution is -0.117. The molecule has 26 heavy (non-hydrogen) atoms. The predicted molar refractivity (Wildman–Crippen MR) is 106 cm³/mol. The minimum atomic E-state index is -0.392. The lowest BCUT2D eigenvalue weighted by Gasteiger charge is -2.14. The van der Waals surface area contributed by atoms with Crippen molar-refractivity contribution in [3.8, 4) is 6.07 Å². The first-order valence-electron chi connectivity index (χ1n) is 8.77. The number of hydrogen-bond donors (Lipinski definition) is 2. The average molecular weight is 347 g/mol. The molecule has 0 aliphatic rings. The highest BCUT2D eigenvalue weighted by Crippen LogP contribution is 2.16. The summed E-state index contributed by atoms with van der Waals surface area (Å²) in [6.07, 6.45) is 2.43. The van der Waals surface area contributed by atoms with Gasteiger partial charge in [0.15, 0.2) is 0 Å². The molecule has 1 amide bonds. The van der Waals surface area contributed by atoms with Crippen LogP contribution in [0.25, 0.3) is 0 Å². The Bertz CT molecular complexity index is 824. The highest BCUT2D eigenvalue weighted by atomic mass is 16.1. The van der Waals surface area contributed by atoms with Crippen LogP contribution in [0, 0.1) is 25.2 Å². The summed E-state index contributed by atoms with van der Waals surface area (Å²) in [4.78, 5) is 12.4. The Morgan fingerprint density at radius 2 is 1.77 bits per heavy atom. The van der Waals surface area contributed by atoms with Crippen molar-refractivity contribution in [2.45, 2.75) is 40.2 Å². The van der Waals surface area contributed by atoms with Crippen LogP contribution in [0.4, 0.5) is 5.69 Å². The molecule has 2 aromatic rings. The van der Waals surface area contributed by atoms with Gasteiger partial charge in [-0.3, -0.25) is 4.79 Å². The number of nitrogens with one attached hydrogen (secondary N) is 2. The molecule has 2 aromatic carbocycles. The molecule has 0 fully saturated rings. The lowest BCUT2D eigenvalue weighted by atomic mass is 10.0. The van der Waals surface area contributed by atoms with E-state index in [0.29, 0.717) is 0 Å². The number of rotatable bonds is 6. The second kappa shape index (κ2) is 8.87. The number of carbonyl (C=O) groups excluding carboxylic acids is 1. The SMILES string of the molecule is CCc1ccc(C(C)NC(=O)/C(C#N)=C\Nc2cc(C)cc(C)c2)cc1. The summed E-state index contributed by atoms with van der Waals surface area (Å²) in [6, 6.07) is 15.9. The molecule has 2 rings (SSSR count). The van der Waals surface area contributed by atoms with E-state index in [-0.39, 0.29) is 11.6 Å². The second-order valence-corrected chi connectivity index (χ2v) is 6.48. The summed E-state index contributed by atoms with van der Waals surface area (Å²) in [5.74, 6) is -0.392. The molecule has 4 nitrogen and oxygen atoms in total. The van der Waals surface area contributed by atoms with Gasteiger partial charge in [-0.1, -0.05) is 37.3 Å². The molecule has 0 radical (unpaired) electrons. The Hall–Kier alpha value is -3.06. The number of nitriles is 1. The third kappa shape index (κ3) is 5.22. The standard InChI is InChI=1S/C22H25N3O/c1-5-18-6-8-19(9-7-18)17(4)25-22(26)20(13-23)14-24-21-11-15(2)10-16(3)12-21/h6-12,14,17,24H,5H2,1-4H3,(H,25,26)/b20-14-. The number of amides is 1. The minimum Gasteiger partial charge on any atom is -0.360 e. The quantitative estimate of drug-likeness (QED) is 0.594. The molecule has 0 saturated carbocycles. The smallest absolute Gasteiger partial charge is 0.263 e. The van der Waals surface area contributed by atoms with Crippen molar-refractivity contribution >= 4 is 11.6 Å². The normalized spacial score (nSPS) is 12.2. The number of hydrogen-bond acceptors (Lipinski definition) is 3. The Kier molecular flexibility index (Phi) is 6.57. The first kappa shape index (κ1) is 19.3. The van der Waals surface area contributed by atoms with Gasteiger partial charge >= 0.3 is 0 Å². The maximum atomic E-state index is 12.4. The van der Waals surface area contributed by atoms with E-state index >= 15 is 0 Å². The molecule has 1 atom stereocenters. The van der Waals surface area contributed by atoms with Gasteiger partial charge in [0.05, 0.1) is 6.04 Å². The van der Waals surface area contributed by atoms with Gasteiger partial charge in [-0.2, -0.15) is 5.26 Å². The van der Waals surface area contributed by atoms with Crippen molar-refractivity contribution in [2.24, 2.45) is 0 Å². The van der Waals surface area contributed by atoms with Crippen LogP contribution >= 0.6 is 0 Å². The number of aryl methyl sites for hydroxylation is 3. The van der Waals surface area contributed by atoms with Crippen molar-refractivity contribution < 1.29 is 4.79 Å². The molecule has 0 saturated heterocycles. The van der Waals surface area contributed by atoms with Gasteiger partial charge in [0.2, 0.25) is 0 Å². The van der Waals surface area contributed by atoms with Gasteiger partial charge in [0.25, 0.3) is 5.91 Å². The molecule has 1 unspecified atom stereocenters. The lowest BCUT2D eigenvalue weighted by Crippen LogP contribution is -2.28. The van der Waals surface area contributed by atoms with Crippen LogP contribution in [0.5, 0.6) is 0 Å². The fourth-order valence-electron chi connectivity index (χ4n) is 2.76. The number of anilines is 1. The van der Waals surface area contributed by atoms with Gasteiger partial charge in [-0.05, 0) is 61.6 Å². The zero-order valence-corrected chi connectivity index (χ0v) is 15.8. The Balaban J connectivity index is 2.06. The number of nitrogens with zero attached hydrogens (tertiary/aromatic N) is 1. The summed E-state index contributed by atoms with van der Waals surface area (Å²) in [5.41, 5.74) is 5.39. The van der Waals surface area contributed by atoms with E-state index in [4.69, 9.17) is 0 Å². The maximum Gasteiger partial charge on any atom is 0.263 e. The summed E-state index contributed by atoms with van der Waals surface area (Å²) in [6.45, 7) is 8.02. The molecular weight excluding hydrogens is 322 g/mol. The van der Waals surface area contributed by atoms with Gasteiger partial charge in [-0.15, -0.1) is 0 Å². The van der Waals surface area contributed by atoms with Crippen molar-refractivity contribution in [1.29, 1.82) is 5.26 Å². The van der Waals surface area contributed by atoms with E-state index in [1.54, 1.807) is 0 Å². The first-order chi connectivity index (χ1) is 12.4. The maximum absolute atomic E-state index is 12.4. The van der Waals surface area contributed by atoms with E-state index in [2.05, 4.69) is 35.8 Å². The van der Waals surface area contributed by atoms with E-state index < -0.39 is 5.91 Å². The third-order valence-corrected chi connectivity index (χ3v) is 4.21. The summed E-state index contributed by atoms with van der Waals surface area (Å²) in [5, 5.41) is 15.2. The van der Waals surface area contributed by atoms with Crippen LogP contribution in [0.1, 0.15) is 42.1 Å². The summed E-state index contributed by atoms with van der Waals surface area (Å²) in [7, 11) is 0. The van der Waals surface area contributed by atoms with E-state index in [9.17, 15) is 10.1 Å². The third-order valence-electron chi connectivity index (χ3n) is 4.21. The topological polar surface area (TPSA) is 64.9 Å². The molecule has 0 spiro atoms. The first-order valence-corrected chi connectivity index (χ1v) is 8.77. The van der Waals surface area contributed by atoms with Crippen molar-refractivity contribution in [2.75, 3.05) is 5.32 Å². The van der Waals surface area contributed by atoms with Crippen LogP contribution in [0.15, 0.2) is 54.2 Å². The molecule has 0 aromatic heterocycles. The predicted octanol–water partition coefficient (Wildman–Crippen LogP) is 4.56. The highest BCUT2D eigenvalue weighted by molar-refractivity contribution is 5.97. The van der Waals surface area contributed by atoms with Crippen LogP contribution in [0.2, 0.25) is 0 Å². The van der Waals surface area contributed by atoms with Crippen LogP contribution < -0.4 is 10.6 Å². The van der Waals surface area contributed by atoms with E-state index in [1.165, 1.54) is 11.8 Å². The van der Waals surface area contributed by atoms with Gasteiger partial charge < -0.3 is 10.6 Å². The van der Waals surface area contributed by atoms with Crippen LogP contribution in [0.3, 0.4) is 0 Å². The Labute approximate surface area is 155 Å². The highest BCUT2D eigenvalue weighted by Gasteiger charge is 2.13. The fourth-order valence-corrected chi connectivity index (χ4v) is 2.76. The summed E-state index contributed by atoms with van der Waals surface area (Å²) >= 11 is 0. The fraction of sp³-hybridized carbons (Fsp3) is 0.273.